The van der Waals surface area contributed by atoms with Crippen LogP contribution in [0.1, 0.15) is 32.4 Å². The lowest BCUT2D eigenvalue weighted by molar-refractivity contribution is 0.607. The molecule has 1 aliphatic rings. The number of halogens is 1. The van der Waals surface area contributed by atoms with E-state index in [1.165, 1.54) is 6.07 Å². The Morgan fingerprint density at radius 2 is 2.17 bits per heavy atom. The van der Waals surface area contributed by atoms with E-state index < -0.39 is 0 Å². The van der Waals surface area contributed by atoms with E-state index in [0.717, 1.165) is 23.5 Å². The molecule has 1 heterocycles. The maximum Gasteiger partial charge on any atom is 0.123 e. The molecule has 2 rings (SSSR count). The molecule has 1 aliphatic heterocycles. The van der Waals surface area contributed by atoms with Crippen LogP contribution in [-0.2, 0) is 0 Å². The fraction of sp³-hybridized carbons (Fsp3) is 0.571. The lowest BCUT2D eigenvalue weighted by atomic mass is 10.0. The van der Waals surface area contributed by atoms with Crippen molar-refractivity contribution >= 4 is 17.4 Å². The Hall–Kier alpha value is -0.740. The number of hydrogen-bond donors (Lipinski definition) is 1. The summed E-state index contributed by atoms with van der Waals surface area (Å²) in [7, 11) is 0. The molecular formula is C14H21FN2S. The van der Waals surface area contributed by atoms with Gasteiger partial charge in [-0.15, -0.1) is 0 Å². The highest BCUT2D eigenvalue weighted by Gasteiger charge is 2.27. The first-order valence-corrected chi connectivity index (χ1v) is 7.49. The molecule has 3 atom stereocenters. The van der Waals surface area contributed by atoms with Gasteiger partial charge in [0, 0.05) is 35.3 Å². The minimum absolute atomic E-state index is 0.146. The van der Waals surface area contributed by atoms with E-state index in [0.29, 0.717) is 11.3 Å². The minimum atomic E-state index is -0.210. The van der Waals surface area contributed by atoms with E-state index in [1.54, 1.807) is 6.07 Å². The van der Waals surface area contributed by atoms with Crippen molar-refractivity contribution in [2.45, 2.75) is 38.1 Å². The zero-order valence-electron chi connectivity index (χ0n) is 11.2. The fourth-order valence-electron chi connectivity index (χ4n) is 2.42. The third-order valence-corrected chi connectivity index (χ3v) is 5.01. The van der Waals surface area contributed by atoms with Gasteiger partial charge in [-0.2, -0.15) is 11.8 Å². The molecule has 0 spiro atoms. The monoisotopic (exact) mass is 268 g/mol. The summed E-state index contributed by atoms with van der Waals surface area (Å²) in [5.74, 6) is 0.902. The highest BCUT2D eigenvalue weighted by atomic mass is 32.2. The van der Waals surface area contributed by atoms with Crippen molar-refractivity contribution in [1.82, 2.24) is 0 Å². The summed E-state index contributed by atoms with van der Waals surface area (Å²) in [6.45, 7) is 7.38. The molecule has 0 saturated carbocycles. The van der Waals surface area contributed by atoms with Gasteiger partial charge >= 0.3 is 0 Å². The average Bonchev–Trinajstić information content (AvgIpc) is 2.33. The molecule has 2 nitrogen and oxygen atoms in total. The SMILES string of the molecule is CC1SCCN(c2ccc(F)cc2[C@H](C)N)C1C. The number of nitrogens with two attached hydrogens (primary N) is 1. The van der Waals surface area contributed by atoms with Crippen LogP contribution in [0.25, 0.3) is 0 Å². The van der Waals surface area contributed by atoms with Crippen molar-refractivity contribution in [2.75, 3.05) is 17.2 Å². The van der Waals surface area contributed by atoms with Gasteiger partial charge in [0.25, 0.3) is 0 Å². The van der Waals surface area contributed by atoms with E-state index in [-0.39, 0.29) is 11.9 Å². The van der Waals surface area contributed by atoms with Crippen molar-refractivity contribution in [3.8, 4) is 0 Å². The molecule has 1 aromatic rings. The van der Waals surface area contributed by atoms with Crippen molar-refractivity contribution in [3.05, 3.63) is 29.6 Å². The van der Waals surface area contributed by atoms with Crippen molar-refractivity contribution in [1.29, 1.82) is 0 Å². The van der Waals surface area contributed by atoms with E-state index in [2.05, 4.69) is 18.7 Å². The number of benzene rings is 1. The van der Waals surface area contributed by atoms with Crippen LogP contribution in [0.2, 0.25) is 0 Å². The highest BCUT2D eigenvalue weighted by molar-refractivity contribution is 8.00. The summed E-state index contributed by atoms with van der Waals surface area (Å²) in [5, 5.41) is 0.588. The number of rotatable bonds is 2. The molecule has 1 fully saturated rings. The van der Waals surface area contributed by atoms with Gasteiger partial charge in [0.2, 0.25) is 0 Å². The minimum Gasteiger partial charge on any atom is -0.367 e. The summed E-state index contributed by atoms with van der Waals surface area (Å²) in [4.78, 5) is 2.36. The predicted octanol–water partition coefficient (Wildman–Crippen LogP) is 3.18. The quantitative estimate of drug-likeness (QED) is 0.893. The molecule has 4 heteroatoms. The molecule has 18 heavy (non-hydrogen) atoms. The largest absolute Gasteiger partial charge is 0.367 e. The Labute approximate surface area is 113 Å². The van der Waals surface area contributed by atoms with Gasteiger partial charge in [0.1, 0.15) is 5.82 Å². The number of anilines is 1. The second-order valence-corrected chi connectivity index (χ2v) is 6.49. The Kier molecular flexibility index (Phi) is 4.17. The van der Waals surface area contributed by atoms with Gasteiger partial charge in [0.15, 0.2) is 0 Å². The topological polar surface area (TPSA) is 29.3 Å². The smallest absolute Gasteiger partial charge is 0.123 e. The van der Waals surface area contributed by atoms with Gasteiger partial charge in [-0.1, -0.05) is 6.92 Å². The molecule has 1 aromatic carbocycles. The summed E-state index contributed by atoms with van der Waals surface area (Å²) in [5.41, 5.74) is 7.96. The highest BCUT2D eigenvalue weighted by Crippen LogP contribution is 2.33. The molecule has 2 N–H and O–H groups in total. The van der Waals surface area contributed by atoms with Crippen LogP contribution in [0.4, 0.5) is 10.1 Å². The molecule has 0 bridgehead atoms. The van der Waals surface area contributed by atoms with Crippen LogP contribution >= 0.6 is 11.8 Å². The third kappa shape index (κ3) is 2.64. The maximum absolute atomic E-state index is 13.4. The van der Waals surface area contributed by atoms with Crippen molar-refractivity contribution < 1.29 is 4.39 Å². The van der Waals surface area contributed by atoms with Crippen LogP contribution in [0.15, 0.2) is 18.2 Å². The van der Waals surface area contributed by atoms with Gasteiger partial charge in [-0.05, 0) is 37.6 Å². The molecule has 100 valence electrons. The second-order valence-electron chi connectivity index (χ2n) is 5.00. The lowest BCUT2D eigenvalue weighted by Crippen LogP contribution is -2.45. The van der Waals surface area contributed by atoms with E-state index in [4.69, 9.17) is 5.73 Å². The first-order valence-electron chi connectivity index (χ1n) is 6.44. The van der Waals surface area contributed by atoms with E-state index >= 15 is 0 Å². The molecule has 2 unspecified atom stereocenters. The predicted molar refractivity (Wildman–Crippen MR) is 77.7 cm³/mol. The lowest BCUT2D eigenvalue weighted by Gasteiger charge is -2.40. The standard InChI is InChI=1S/C14H21FN2S/c1-9(16)13-8-12(15)4-5-14(13)17-6-7-18-11(3)10(17)2/h4-5,8-11H,6-7,16H2,1-3H3/t9-,10?,11?/m0/s1. The summed E-state index contributed by atoms with van der Waals surface area (Å²) >= 11 is 1.99. The molecule has 1 saturated heterocycles. The zero-order valence-corrected chi connectivity index (χ0v) is 12.0. The summed E-state index contributed by atoms with van der Waals surface area (Å²) in [6, 6.07) is 5.27. The summed E-state index contributed by atoms with van der Waals surface area (Å²) in [6.07, 6.45) is 0. The summed E-state index contributed by atoms with van der Waals surface area (Å²) < 4.78 is 13.4. The third-order valence-electron chi connectivity index (χ3n) is 3.67. The Bertz CT molecular complexity index is 422. The van der Waals surface area contributed by atoms with Gasteiger partial charge in [0.05, 0.1) is 0 Å². The van der Waals surface area contributed by atoms with Gasteiger partial charge < -0.3 is 10.6 Å². The Morgan fingerprint density at radius 1 is 1.44 bits per heavy atom. The molecule has 0 radical (unpaired) electrons. The molecular weight excluding hydrogens is 247 g/mol. The van der Waals surface area contributed by atoms with Crippen LogP contribution < -0.4 is 10.6 Å². The first kappa shape index (κ1) is 13.7. The van der Waals surface area contributed by atoms with E-state index in [9.17, 15) is 4.39 Å². The van der Waals surface area contributed by atoms with Crippen molar-refractivity contribution in [3.63, 3.8) is 0 Å². The maximum atomic E-state index is 13.4. The Balaban J connectivity index is 2.37. The van der Waals surface area contributed by atoms with Crippen LogP contribution in [0, 0.1) is 5.82 Å². The fourth-order valence-corrected chi connectivity index (χ4v) is 3.52. The van der Waals surface area contributed by atoms with Crippen LogP contribution in [0.3, 0.4) is 0 Å². The Morgan fingerprint density at radius 3 is 2.83 bits per heavy atom. The second kappa shape index (κ2) is 5.49. The number of thioether (sulfide) groups is 1. The van der Waals surface area contributed by atoms with Crippen LogP contribution in [-0.4, -0.2) is 23.6 Å². The van der Waals surface area contributed by atoms with E-state index in [1.807, 2.05) is 24.8 Å². The molecule has 0 amide bonds. The van der Waals surface area contributed by atoms with Gasteiger partial charge in [-0.3, -0.25) is 0 Å². The molecule has 0 aliphatic carbocycles. The molecule has 0 aromatic heterocycles. The normalized spacial score (nSPS) is 26.2. The van der Waals surface area contributed by atoms with Gasteiger partial charge in [-0.25, -0.2) is 4.39 Å². The average molecular weight is 268 g/mol. The van der Waals surface area contributed by atoms with Crippen LogP contribution in [0.5, 0.6) is 0 Å². The number of nitrogens with zero attached hydrogens (tertiary/aromatic N) is 1. The zero-order chi connectivity index (χ0) is 13.3. The number of hydrogen-bond acceptors (Lipinski definition) is 3. The first-order chi connectivity index (χ1) is 8.50. The van der Waals surface area contributed by atoms with Crippen molar-refractivity contribution in [2.24, 2.45) is 5.73 Å².